The Bertz CT molecular complexity index is 1010. The van der Waals surface area contributed by atoms with Crippen LogP contribution in [0.3, 0.4) is 0 Å². The third-order valence-corrected chi connectivity index (χ3v) is 7.42. The van der Waals surface area contributed by atoms with Gasteiger partial charge in [-0.3, -0.25) is 19.7 Å². The van der Waals surface area contributed by atoms with Crippen molar-refractivity contribution in [2.24, 2.45) is 5.92 Å². The summed E-state index contributed by atoms with van der Waals surface area (Å²) in [5, 5.41) is 2.72. The number of nitrogens with zero attached hydrogens (tertiary/aromatic N) is 2. The summed E-state index contributed by atoms with van der Waals surface area (Å²) in [4.78, 5) is 44.8. The standard InChI is InChI=1S/C22H23ClFN3O3S/c1-27(13-6-3-2-4-7-13)21(30)12-10-16-19(17(28)11-12)31-22(25-16)26-20(29)18-14(23)8-5-9-15(18)24/h5,8-9,12-13H,2-4,6-7,10-11H2,1H3,(H,25,26,29)/t12-/m0/s1. The summed E-state index contributed by atoms with van der Waals surface area (Å²) in [6, 6.07) is 4.22. The third kappa shape index (κ3) is 4.50. The van der Waals surface area contributed by atoms with E-state index in [1.54, 1.807) is 4.90 Å². The van der Waals surface area contributed by atoms with Gasteiger partial charge < -0.3 is 4.90 Å². The van der Waals surface area contributed by atoms with Crippen molar-refractivity contribution in [3.63, 3.8) is 0 Å². The fourth-order valence-corrected chi connectivity index (χ4v) is 5.55. The van der Waals surface area contributed by atoms with Crippen LogP contribution in [-0.2, 0) is 11.2 Å². The highest BCUT2D eigenvalue weighted by Crippen LogP contribution is 2.34. The Labute approximate surface area is 188 Å². The van der Waals surface area contributed by atoms with Crippen LogP contribution in [-0.4, -0.2) is 40.6 Å². The summed E-state index contributed by atoms with van der Waals surface area (Å²) < 4.78 is 14.0. The Morgan fingerprint density at radius 3 is 2.68 bits per heavy atom. The molecule has 6 nitrogen and oxygen atoms in total. The Morgan fingerprint density at radius 2 is 1.97 bits per heavy atom. The Balaban J connectivity index is 1.48. The second-order valence-electron chi connectivity index (χ2n) is 8.11. The van der Waals surface area contributed by atoms with Crippen LogP contribution < -0.4 is 5.32 Å². The summed E-state index contributed by atoms with van der Waals surface area (Å²) in [5.74, 6) is -2.09. The Kier molecular flexibility index (Phi) is 6.39. The fourth-order valence-electron chi connectivity index (χ4n) is 4.37. The molecule has 0 bridgehead atoms. The molecule has 1 fully saturated rings. The second kappa shape index (κ2) is 9.04. The number of aromatic nitrogens is 1. The Hall–Kier alpha value is -2.32. The number of carbonyl (C=O) groups is 3. The lowest BCUT2D eigenvalue weighted by atomic mass is 9.87. The molecule has 0 radical (unpaired) electrons. The molecule has 1 atom stereocenters. The molecule has 0 unspecified atom stereocenters. The molecule has 1 aromatic heterocycles. The van der Waals surface area contributed by atoms with Gasteiger partial charge in [-0.2, -0.15) is 0 Å². The first-order valence-electron chi connectivity index (χ1n) is 10.4. The molecule has 1 saturated carbocycles. The molecule has 1 aromatic carbocycles. The molecule has 2 aliphatic rings. The van der Waals surface area contributed by atoms with E-state index < -0.39 is 17.6 Å². The number of Topliss-reactive ketones (excluding diaryl/α,β-unsaturated/α-hetero) is 1. The number of hydrogen-bond donors (Lipinski definition) is 1. The van der Waals surface area contributed by atoms with E-state index in [0.29, 0.717) is 17.0 Å². The van der Waals surface area contributed by atoms with Crippen LogP contribution in [0, 0.1) is 11.7 Å². The van der Waals surface area contributed by atoms with Crippen LogP contribution in [0.4, 0.5) is 9.52 Å². The molecule has 0 spiro atoms. The average molecular weight is 464 g/mol. The molecule has 2 amide bonds. The van der Waals surface area contributed by atoms with E-state index in [1.165, 1.54) is 18.6 Å². The van der Waals surface area contributed by atoms with Crippen molar-refractivity contribution in [3.8, 4) is 0 Å². The van der Waals surface area contributed by atoms with Crippen molar-refractivity contribution >= 4 is 45.7 Å². The highest BCUT2D eigenvalue weighted by atomic mass is 35.5. The predicted octanol–water partition coefficient (Wildman–Crippen LogP) is 4.72. The molecule has 2 aromatic rings. The largest absolute Gasteiger partial charge is 0.343 e. The molecule has 2 aliphatic carbocycles. The second-order valence-corrected chi connectivity index (χ2v) is 9.52. The van der Waals surface area contributed by atoms with Gasteiger partial charge in [0, 0.05) is 25.9 Å². The lowest BCUT2D eigenvalue weighted by Gasteiger charge is -2.34. The summed E-state index contributed by atoms with van der Waals surface area (Å²) in [6.45, 7) is 0. The van der Waals surface area contributed by atoms with Crippen LogP contribution in [0.1, 0.15) is 64.2 Å². The van der Waals surface area contributed by atoms with E-state index in [2.05, 4.69) is 10.3 Å². The summed E-state index contributed by atoms with van der Waals surface area (Å²) in [6.07, 6.45) is 5.93. The topological polar surface area (TPSA) is 79.4 Å². The number of ketones is 1. The van der Waals surface area contributed by atoms with E-state index in [1.807, 2.05) is 7.05 Å². The van der Waals surface area contributed by atoms with Crippen LogP contribution in [0.5, 0.6) is 0 Å². The fraction of sp³-hybridized carbons (Fsp3) is 0.455. The highest BCUT2D eigenvalue weighted by Gasteiger charge is 2.36. The molecular formula is C22H23ClFN3O3S. The molecule has 31 heavy (non-hydrogen) atoms. The first-order valence-corrected chi connectivity index (χ1v) is 11.6. The van der Waals surface area contributed by atoms with Gasteiger partial charge in [-0.25, -0.2) is 9.37 Å². The molecule has 0 saturated heterocycles. The van der Waals surface area contributed by atoms with Crippen LogP contribution in [0.25, 0.3) is 0 Å². The monoisotopic (exact) mass is 463 g/mol. The first kappa shape index (κ1) is 21.9. The zero-order valence-corrected chi connectivity index (χ0v) is 18.7. The maximum absolute atomic E-state index is 14.0. The molecular weight excluding hydrogens is 441 g/mol. The number of amides is 2. The molecule has 1 N–H and O–H groups in total. The van der Waals surface area contributed by atoms with Gasteiger partial charge in [-0.1, -0.05) is 48.3 Å². The average Bonchev–Trinajstić information content (AvgIpc) is 3.16. The van der Waals surface area contributed by atoms with Crippen molar-refractivity contribution in [1.29, 1.82) is 0 Å². The van der Waals surface area contributed by atoms with E-state index >= 15 is 0 Å². The number of anilines is 1. The van der Waals surface area contributed by atoms with Gasteiger partial charge in [-0.05, 0) is 25.0 Å². The van der Waals surface area contributed by atoms with Crippen molar-refractivity contribution in [3.05, 3.63) is 45.2 Å². The number of nitrogens with one attached hydrogen (secondary N) is 1. The van der Waals surface area contributed by atoms with Crippen LogP contribution in [0.2, 0.25) is 5.02 Å². The SMILES string of the molecule is CN(C(=O)[C@@H]1CC(=O)c2sc(NC(=O)c3c(F)cccc3Cl)nc2C1)C1CCCCC1. The van der Waals surface area contributed by atoms with Gasteiger partial charge in [0.2, 0.25) is 5.91 Å². The van der Waals surface area contributed by atoms with Crippen LogP contribution >= 0.6 is 22.9 Å². The van der Waals surface area contributed by atoms with Crippen molar-refractivity contribution in [2.75, 3.05) is 12.4 Å². The molecule has 1 heterocycles. The van der Waals surface area contributed by atoms with Crippen molar-refractivity contribution < 1.29 is 18.8 Å². The summed E-state index contributed by atoms with van der Waals surface area (Å²) in [5.41, 5.74) is 0.234. The number of halogens is 2. The van der Waals surface area contributed by atoms with Gasteiger partial charge >= 0.3 is 0 Å². The minimum absolute atomic E-state index is 0.00805. The first-order chi connectivity index (χ1) is 14.8. The van der Waals surface area contributed by atoms with Gasteiger partial charge in [-0.15, -0.1) is 0 Å². The maximum atomic E-state index is 14.0. The molecule has 9 heteroatoms. The summed E-state index contributed by atoms with van der Waals surface area (Å²) >= 11 is 6.99. The van der Waals surface area contributed by atoms with Gasteiger partial charge in [0.05, 0.1) is 27.1 Å². The van der Waals surface area contributed by atoms with Gasteiger partial charge in [0.15, 0.2) is 10.9 Å². The zero-order valence-electron chi connectivity index (χ0n) is 17.1. The zero-order chi connectivity index (χ0) is 22.1. The van der Waals surface area contributed by atoms with Gasteiger partial charge in [0.1, 0.15) is 5.82 Å². The third-order valence-electron chi connectivity index (χ3n) is 6.05. The van der Waals surface area contributed by atoms with E-state index in [0.717, 1.165) is 43.1 Å². The lowest BCUT2D eigenvalue weighted by Crippen LogP contribution is -2.43. The number of carbonyl (C=O) groups excluding carboxylic acids is 3. The molecule has 4 rings (SSSR count). The van der Waals surface area contributed by atoms with Crippen LogP contribution in [0.15, 0.2) is 18.2 Å². The number of fused-ring (bicyclic) bond motifs is 1. The predicted molar refractivity (Wildman–Crippen MR) is 117 cm³/mol. The molecule has 0 aliphatic heterocycles. The smallest absolute Gasteiger partial charge is 0.261 e. The number of rotatable bonds is 4. The van der Waals surface area contributed by atoms with E-state index in [-0.39, 0.29) is 39.9 Å². The van der Waals surface area contributed by atoms with E-state index in [4.69, 9.17) is 11.6 Å². The Morgan fingerprint density at radius 1 is 1.23 bits per heavy atom. The summed E-state index contributed by atoms with van der Waals surface area (Å²) in [7, 11) is 1.82. The number of thiazole rings is 1. The normalized spacial score (nSPS) is 19.1. The minimum atomic E-state index is -0.737. The van der Waals surface area contributed by atoms with Gasteiger partial charge in [0.25, 0.3) is 5.91 Å². The van der Waals surface area contributed by atoms with Crippen molar-refractivity contribution in [2.45, 2.75) is 51.0 Å². The maximum Gasteiger partial charge on any atom is 0.261 e. The number of hydrogen-bond acceptors (Lipinski definition) is 5. The van der Waals surface area contributed by atoms with Crippen molar-refractivity contribution in [1.82, 2.24) is 9.88 Å². The van der Waals surface area contributed by atoms with E-state index in [9.17, 15) is 18.8 Å². The minimum Gasteiger partial charge on any atom is -0.343 e. The number of benzene rings is 1. The quantitative estimate of drug-likeness (QED) is 0.711. The molecule has 164 valence electrons. The highest BCUT2D eigenvalue weighted by molar-refractivity contribution is 7.17. The lowest BCUT2D eigenvalue weighted by molar-refractivity contribution is -0.137.